The summed E-state index contributed by atoms with van der Waals surface area (Å²) in [6, 6.07) is 9.82. The number of hydrogen-bond donors (Lipinski definition) is 0. The van der Waals surface area contributed by atoms with Crippen molar-refractivity contribution in [2.45, 2.75) is 39.2 Å². The maximum absolute atomic E-state index is 13.0. The Morgan fingerprint density at radius 2 is 2.04 bits per heavy atom. The van der Waals surface area contributed by atoms with Gasteiger partial charge in [-0.05, 0) is 49.4 Å². The molecule has 146 valence electrons. The molecule has 4 rings (SSSR count). The summed E-state index contributed by atoms with van der Waals surface area (Å²) in [6.45, 7) is 5.83. The first-order valence-corrected chi connectivity index (χ1v) is 9.90. The van der Waals surface area contributed by atoms with E-state index in [2.05, 4.69) is 35.5 Å². The van der Waals surface area contributed by atoms with Crippen molar-refractivity contribution in [2.24, 2.45) is 5.92 Å². The largest absolute Gasteiger partial charge is 0.338 e. The van der Waals surface area contributed by atoms with Crippen LogP contribution in [0.3, 0.4) is 0 Å². The second kappa shape index (κ2) is 7.96. The third kappa shape index (κ3) is 3.98. The Kier molecular flexibility index (Phi) is 5.23. The highest BCUT2D eigenvalue weighted by Gasteiger charge is 2.25. The molecule has 0 radical (unpaired) electrons. The highest BCUT2D eigenvalue weighted by Crippen LogP contribution is 2.24. The minimum Gasteiger partial charge on any atom is -0.338 e. The summed E-state index contributed by atoms with van der Waals surface area (Å²) < 4.78 is 3.75. The third-order valence-corrected chi connectivity index (χ3v) is 5.16. The number of benzene rings is 1. The number of carbonyl (C=O) groups is 1. The van der Waals surface area contributed by atoms with Gasteiger partial charge in [-0.25, -0.2) is 9.36 Å². The lowest BCUT2D eigenvalue weighted by atomic mass is 10.0. The maximum Gasteiger partial charge on any atom is 0.253 e. The molecule has 7 heteroatoms. The van der Waals surface area contributed by atoms with Gasteiger partial charge in [-0.2, -0.15) is 5.10 Å². The van der Waals surface area contributed by atoms with Crippen molar-refractivity contribution in [2.75, 3.05) is 13.1 Å². The van der Waals surface area contributed by atoms with Gasteiger partial charge in [0.1, 0.15) is 0 Å². The van der Waals surface area contributed by atoms with Crippen molar-refractivity contribution in [1.82, 2.24) is 29.7 Å². The Balaban J connectivity index is 1.39. The van der Waals surface area contributed by atoms with Crippen molar-refractivity contribution in [3.63, 3.8) is 0 Å². The van der Waals surface area contributed by atoms with E-state index < -0.39 is 0 Å². The minimum absolute atomic E-state index is 0.0755. The van der Waals surface area contributed by atoms with Crippen LogP contribution in [0, 0.1) is 5.92 Å². The molecule has 1 amide bonds. The van der Waals surface area contributed by atoms with Crippen LogP contribution in [-0.4, -0.2) is 48.7 Å². The zero-order valence-corrected chi connectivity index (χ0v) is 16.4. The van der Waals surface area contributed by atoms with Crippen molar-refractivity contribution in [3.8, 4) is 5.69 Å². The van der Waals surface area contributed by atoms with Crippen LogP contribution >= 0.6 is 0 Å². The zero-order valence-electron chi connectivity index (χ0n) is 16.4. The molecule has 1 aliphatic rings. The smallest absolute Gasteiger partial charge is 0.253 e. The normalized spacial score (nSPS) is 15.3. The fourth-order valence-electron chi connectivity index (χ4n) is 3.72. The molecule has 7 nitrogen and oxygen atoms in total. The first-order chi connectivity index (χ1) is 13.6. The summed E-state index contributed by atoms with van der Waals surface area (Å²) in [4.78, 5) is 14.9. The van der Waals surface area contributed by atoms with Crippen LogP contribution < -0.4 is 0 Å². The molecule has 2 aromatic heterocycles. The number of nitrogens with zero attached hydrogens (tertiary/aromatic N) is 6. The summed E-state index contributed by atoms with van der Waals surface area (Å²) in [5, 5.41) is 12.8. The van der Waals surface area contributed by atoms with Crippen LogP contribution in [0.1, 0.15) is 48.8 Å². The number of aromatic nitrogens is 5. The van der Waals surface area contributed by atoms with Crippen LogP contribution in [0.5, 0.6) is 0 Å². The van der Waals surface area contributed by atoms with Crippen molar-refractivity contribution >= 4 is 5.91 Å². The van der Waals surface area contributed by atoms with E-state index in [9.17, 15) is 4.79 Å². The van der Waals surface area contributed by atoms with E-state index in [0.717, 1.165) is 43.7 Å². The molecule has 0 unspecified atom stereocenters. The SMILES string of the molecule is CC(C)Cc1cn(C2CCN(C(=O)c3cccc(-n4cccn4)c3)CC2)nn1. The molecule has 1 aliphatic heterocycles. The molecule has 3 aromatic rings. The second-order valence-corrected chi connectivity index (χ2v) is 7.81. The molecule has 1 saturated heterocycles. The number of likely N-dealkylation sites (tertiary alicyclic amines) is 1. The number of rotatable bonds is 5. The molecule has 0 atom stereocenters. The van der Waals surface area contributed by atoms with E-state index in [1.54, 1.807) is 10.9 Å². The fourth-order valence-corrected chi connectivity index (χ4v) is 3.72. The first-order valence-electron chi connectivity index (χ1n) is 9.90. The van der Waals surface area contributed by atoms with Gasteiger partial charge in [0.25, 0.3) is 5.91 Å². The predicted octanol–water partition coefficient (Wildman–Crippen LogP) is 3.14. The number of carbonyl (C=O) groups excluding carboxylic acids is 1. The lowest BCUT2D eigenvalue weighted by molar-refractivity contribution is 0.0689. The Hall–Kier alpha value is -2.96. The molecule has 0 spiro atoms. The summed E-state index contributed by atoms with van der Waals surface area (Å²) in [6.07, 6.45) is 8.42. The van der Waals surface area contributed by atoms with Gasteiger partial charge >= 0.3 is 0 Å². The van der Waals surface area contributed by atoms with E-state index in [4.69, 9.17) is 0 Å². The van der Waals surface area contributed by atoms with E-state index in [-0.39, 0.29) is 5.91 Å². The number of piperidine rings is 1. The van der Waals surface area contributed by atoms with Crippen LogP contribution in [0.25, 0.3) is 5.69 Å². The molecule has 1 aromatic carbocycles. The highest BCUT2D eigenvalue weighted by atomic mass is 16.2. The van der Waals surface area contributed by atoms with Gasteiger partial charge in [-0.15, -0.1) is 5.10 Å². The Morgan fingerprint density at radius 3 is 2.75 bits per heavy atom. The van der Waals surface area contributed by atoms with Gasteiger partial charge in [0.05, 0.1) is 17.4 Å². The lowest BCUT2D eigenvalue weighted by Crippen LogP contribution is -2.39. The minimum atomic E-state index is 0.0755. The van der Waals surface area contributed by atoms with Gasteiger partial charge < -0.3 is 4.90 Å². The van der Waals surface area contributed by atoms with Gasteiger partial charge in [0.2, 0.25) is 0 Å². The predicted molar refractivity (Wildman–Crippen MR) is 106 cm³/mol. The first kappa shape index (κ1) is 18.4. The Bertz CT molecular complexity index is 922. The lowest BCUT2D eigenvalue weighted by Gasteiger charge is -2.32. The van der Waals surface area contributed by atoms with Gasteiger partial charge in [0, 0.05) is 37.2 Å². The molecular weight excluding hydrogens is 352 g/mol. The molecule has 0 N–H and O–H groups in total. The summed E-state index contributed by atoms with van der Waals surface area (Å²) in [5.74, 6) is 0.647. The van der Waals surface area contributed by atoms with Crippen molar-refractivity contribution in [1.29, 1.82) is 0 Å². The fraction of sp³-hybridized carbons (Fsp3) is 0.429. The van der Waals surface area contributed by atoms with Gasteiger partial charge in [-0.3, -0.25) is 4.79 Å². The van der Waals surface area contributed by atoms with Gasteiger partial charge in [-0.1, -0.05) is 25.1 Å². The van der Waals surface area contributed by atoms with Crippen LogP contribution in [0.15, 0.2) is 48.9 Å². The number of hydrogen-bond acceptors (Lipinski definition) is 4. The second-order valence-electron chi connectivity index (χ2n) is 7.81. The summed E-state index contributed by atoms with van der Waals surface area (Å²) in [5.41, 5.74) is 2.64. The average Bonchev–Trinajstić information content (AvgIpc) is 3.39. The molecular formula is C21H26N6O. The molecule has 0 bridgehead atoms. The summed E-state index contributed by atoms with van der Waals surface area (Å²) >= 11 is 0. The molecule has 1 fully saturated rings. The topological polar surface area (TPSA) is 68.8 Å². The van der Waals surface area contributed by atoms with E-state index in [1.165, 1.54) is 0 Å². The Morgan fingerprint density at radius 1 is 1.21 bits per heavy atom. The molecule has 3 heterocycles. The van der Waals surface area contributed by atoms with Crippen LogP contribution in [0.2, 0.25) is 0 Å². The van der Waals surface area contributed by atoms with Crippen molar-refractivity contribution in [3.05, 3.63) is 60.2 Å². The number of amides is 1. The van der Waals surface area contributed by atoms with Gasteiger partial charge in [0.15, 0.2) is 0 Å². The standard InChI is InChI=1S/C21H26N6O/c1-16(2)13-18-15-27(24-23-18)19-7-11-25(12-8-19)21(28)17-5-3-6-20(14-17)26-10-4-9-22-26/h3-6,9-10,14-16,19H,7-8,11-13H2,1-2H3. The molecule has 0 saturated carbocycles. The van der Waals surface area contributed by atoms with Crippen LogP contribution in [-0.2, 0) is 6.42 Å². The monoisotopic (exact) mass is 378 g/mol. The highest BCUT2D eigenvalue weighted by molar-refractivity contribution is 5.94. The van der Waals surface area contributed by atoms with E-state index >= 15 is 0 Å². The average molecular weight is 378 g/mol. The maximum atomic E-state index is 13.0. The van der Waals surface area contributed by atoms with Crippen molar-refractivity contribution < 1.29 is 4.79 Å². The summed E-state index contributed by atoms with van der Waals surface area (Å²) in [7, 11) is 0. The Labute approximate surface area is 165 Å². The van der Waals surface area contributed by atoms with E-state index in [1.807, 2.05) is 46.1 Å². The molecule has 28 heavy (non-hydrogen) atoms. The molecule has 0 aliphatic carbocycles. The van der Waals surface area contributed by atoms with Crippen LogP contribution in [0.4, 0.5) is 0 Å². The third-order valence-electron chi connectivity index (χ3n) is 5.16. The zero-order chi connectivity index (χ0) is 19.5. The van der Waals surface area contributed by atoms with E-state index in [0.29, 0.717) is 17.5 Å². The quantitative estimate of drug-likeness (QED) is 0.684.